The molecule has 5 aromatic rings. The highest BCUT2D eigenvalue weighted by atomic mass is 16.7. The summed E-state index contributed by atoms with van der Waals surface area (Å²) in [6.07, 6.45) is 3.23. The number of piperidine rings is 1. The number of benzene rings is 4. The van der Waals surface area contributed by atoms with Crippen molar-refractivity contribution in [3.05, 3.63) is 124 Å². The lowest BCUT2D eigenvalue weighted by Gasteiger charge is -2.40. The van der Waals surface area contributed by atoms with E-state index >= 15 is 0 Å². The van der Waals surface area contributed by atoms with Crippen molar-refractivity contribution in [3.8, 4) is 0 Å². The van der Waals surface area contributed by atoms with Crippen molar-refractivity contribution < 1.29 is 24.2 Å². The second-order valence-electron chi connectivity index (χ2n) is 14.2. The van der Waals surface area contributed by atoms with Crippen molar-refractivity contribution in [2.24, 2.45) is 0 Å². The number of aromatic nitrogens is 2. The van der Waals surface area contributed by atoms with Crippen molar-refractivity contribution in [1.82, 2.24) is 14.5 Å². The van der Waals surface area contributed by atoms with Crippen LogP contribution in [0.25, 0.3) is 11.0 Å². The third kappa shape index (κ3) is 9.08. The Bertz CT molecular complexity index is 2090. The number of anilines is 3. The molecule has 2 aliphatic heterocycles. The first-order valence-corrected chi connectivity index (χ1v) is 18.8. The number of fused-ring (bicyclic) bond motifs is 1. The van der Waals surface area contributed by atoms with Gasteiger partial charge >= 0.3 is 5.69 Å². The molecule has 0 bridgehead atoms. The number of rotatable bonds is 13. The van der Waals surface area contributed by atoms with Gasteiger partial charge in [0.25, 0.3) is 0 Å². The number of unbranched alkanes of at least 4 members (excludes halogenated alkanes) is 1. The first kappa shape index (κ1) is 37.1. The molecule has 4 aromatic carbocycles. The first-order chi connectivity index (χ1) is 26.3. The lowest BCUT2D eigenvalue weighted by Crippen LogP contribution is -2.43. The van der Waals surface area contributed by atoms with Gasteiger partial charge in [0.2, 0.25) is 11.8 Å². The summed E-state index contributed by atoms with van der Waals surface area (Å²) in [7, 11) is 0. The maximum Gasteiger partial charge on any atom is 0.326 e. The van der Waals surface area contributed by atoms with Crippen molar-refractivity contribution in [3.63, 3.8) is 0 Å². The van der Waals surface area contributed by atoms with Crippen LogP contribution >= 0.6 is 0 Å². The Labute approximate surface area is 314 Å². The van der Waals surface area contributed by atoms with E-state index in [1.807, 2.05) is 89.5 Å². The van der Waals surface area contributed by atoms with Gasteiger partial charge in [0, 0.05) is 56.2 Å². The second kappa shape index (κ2) is 17.3. The molecule has 0 aliphatic carbocycles. The minimum Gasteiger partial charge on any atom is -0.397 e. The van der Waals surface area contributed by atoms with Crippen molar-refractivity contribution >= 4 is 39.9 Å². The van der Waals surface area contributed by atoms with E-state index in [0.717, 1.165) is 60.2 Å². The summed E-state index contributed by atoms with van der Waals surface area (Å²) in [5, 5.41) is 15.4. The summed E-state index contributed by atoms with van der Waals surface area (Å²) in [5.74, 6) is -0.253. The Morgan fingerprint density at radius 3 is 2.20 bits per heavy atom. The van der Waals surface area contributed by atoms with Crippen LogP contribution in [0, 0.1) is 0 Å². The van der Waals surface area contributed by atoms with Crippen molar-refractivity contribution in [2.75, 3.05) is 36.0 Å². The standard InChI is InChI=1S/C42H48N6O6/c43-34-7-1-2-8-35(34)45-40(51)12-6-5-11-39(50)44-31-19-17-30(18-20-31)41-53-33(25-38(54-41)29-15-13-28(27-49)14-16-29)26-47-23-21-32(22-24-47)48-37-10-4-3-9-36(37)46-42(48)52/h1-4,7-10,13-20,32-33,38,41,49H,5-6,11-12,21-27,43H2,(H,44,50)(H,45,51)(H,46,52). The zero-order valence-corrected chi connectivity index (χ0v) is 30.3. The quantitative estimate of drug-likeness (QED) is 0.0684. The normalized spacial score (nSPS) is 19.5. The average Bonchev–Trinajstić information content (AvgIpc) is 3.53. The molecule has 1 aromatic heterocycles. The third-order valence-corrected chi connectivity index (χ3v) is 10.4. The van der Waals surface area contributed by atoms with Crippen LogP contribution in [0.3, 0.4) is 0 Å². The van der Waals surface area contributed by atoms with Gasteiger partial charge in [0.05, 0.1) is 41.2 Å². The molecule has 3 unspecified atom stereocenters. The molecule has 12 nitrogen and oxygen atoms in total. The van der Waals surface area contributed by atoms with Gasteiger partial charge in [-0.25, -0.2) is 4.79 Å². The van der Waals surface area contributed by atoms with Gasteiger partial charge < -0.3 is 40.8 Å². The summed E-state index contributed by atoms with van der Waals surface area (Å²) in [6, 6.07) is 30.5. The Hall–Kier alpha value is -5.27. The number of carbonyl (C=O) groups is 2. The monoisotopic (exact) mass is 732 g/mol. The van der Waals surface area contributed by atoms with Gasteiger partial charge in [-0.15, -0.1) is 0 Å². The van der Waals surface area contributed by atoms with Gasteiger partial charge in [-0.1, -0.05) is 60.7 Å². The molecule has 3 atom stereocenters. The number of aliphatic hydroxyl groups excluding tert-OH is 1. The number of nitrogens with two attached hydrogens (primary N) is 1. The molecule has 2 fully saturated rings. The maximum absolute atomic E-state index is 12.8. The van der Waals surface area contributed by atoms with Crippen LogP contribution in [0.2, 0.25) is 0 Å². The van der Waals surface area contributed by atoms with Gasteiger partial charge in [0.1, 0.15) is 0 Å². The van der Waals surface area contributed by atoms with E-state index in [-0.39, 0.29) is 42.4 Å². The molecule has 282 valence electrons. The Morgan fingerprint density at radius 1 is 0.815 bits per heavy atom. The molecule has 0 spiro atoms. The van der Waals surface area contributed by atoms with Crippen LogP contribution in [0.4, 0.5) is 17.1 Å². The minimum absolute atomic E-state index is 0.0223. The van der Waals surface area contributed by atoms with E-state index in [2.05, 4.69) is 20.5 Å². The smallest absolute Gasteiger partial charge is 0.326 e. The van der Waals surface area contributed by atoms with Crippen LogP contribution in [-0.4, -0.2) is 57.1 Å². The average molecular weight is 733 g/mol. The summed E-state index contributed by atoms with van der Waals surface area (Å²) < 4.78 is 15.1. The fourth-order valence-corrected chi connectivity index (χ4v) is 7.46. The van der Waals surface area contributed by atoms with E-state index in [4.69, 9.17) is 15.2 Å². The second-order valence-corrected chi connectivity index (χ2v) is 14.2. The number of nitrogen functional groups attached to an aromatic ring is 1. The number of amides is 2. The lowest BCUT2D eigenvalue weighted by atomic mass is 9.98. The molecule has 54 heavy (non-hydrogen) atoms. The molecule has 6 N–H and O–H groups in total. The van der Waals surface area contributed by atoms with Crippen LogP contribution in [0.5, 0.6) is 0 Å². The molecule has 2 amide bonds. The zero-order valence-electron chi connectivity index (χ0n) is 30.3. The number of aromatic amines is 1. The molecule has 0 radical (unpaired) electrons. The topological polar surface area (TPSA) is 164 Å². The van der Waals surface area contributed by atoms with E-state index in [0.29, 0.717) is 49.2 Å². The molecule has 7 rings (SSSR count). The van der Waals surface area contributed by atoms with Crippen molar-refractivity contribution in [2.45, 2.75) is 76.1 Å². The number of ether oxygens (including phenoxy) is 2. The summed E-state index contributed by atoms with van der Waals surface area (Å²) in [5.41, 5.74) is 12.1. The molecule has 2 saturated heterocycles. The van der Waals surface area contributed by atoms with E-state index in [1.165, 1.54) is 0 Å². The molecule has 3 heterocycles. The number of nitrogens with one attached hydrogen (secondary N) is 3. The highest BCUT2D eigenvalue weighted by Gasteiger charge is 2.34. The first-order valence-electron chi connectivity index (χ1n) is 18.8. The predicted octanol–water partition coefficient (Wildman–Crippen LogP) is 6.42. The SMILES string of the molecule is Nc1ccccc1NC(=O)CCCCC(=O)Nc1ccc(C2OC(CN3CCC(n4c(=O)[nH]c5ccccc54)CC3)CC(c3ccc(CO)cc3)O2)cc1. The molecule has 0 saturated carbocycles. The largest absolute Gasteiger partial charge is 0.397 e. The van der Waals surface area contributed by atoms with E-state index in [1.54, 1.807) is 12.1 Å². The van der Waals surface area contributed by atoms with Crippen LogP contribution in [0.1, 0.15) is 80.1 Å². The predicted molar refractivity (Wildman–Crippen MR) is 209 cm³/mol. The Morgan fingerprint density at radius 2 is 1.48 bits per heavy atom. The summed E-state index contributed by atoms with van der Waals surface area (Å²) in [4.78, 5) is 43.2. The molecule has 12 heteroatoms. The summed E-state index contributed by atoms with van der Waals surface area (Å²) in [6.45, 7) is 2.41. The number of H-pyrrole nitrogens is 1. The van der Waals surface area contributed by atoms with Crippen LogP contribution in [0.15, 0.2) is 102 Å². The number of aliphatic hydroxyl groups is 1. The zero-order chi connectivity index (χ0) is 37.4. The number of para-hydroxylation sites is 4. The van der Waals surface area contributed by atoms with E-state index in [9.17, 15) is 19.5 Å². The number of likely N-dealkylation sites (tertiary alicyclic amines) is 1. The fourth-order valence-electron chi connectivity index (χ4n) is 7.46. The number of carbonyl (C=O) groups excluding carboxylic acids is 2. The maximum atomic E-state index is 12.8. The highest BCUT2D eigenvalue weighted by Crippen LogP contribution is 2.39. The minimum atomic E-state index is -0.615. The van der Waals surface area contributed by atoms with Gasteiger partial charge in [-0.2, -0.15) is 0 Å². The lowest BCUT2D eigenvalue weighted by molar-refractivity contribution is -0.253. The number of imidazole rings is 1. The number of nitrogens with zero attached hydrogens (tertiary/aromatic N) is 2. The molecule has 2 aliphatic rings. The van der Waals surface area contributed by atoms with Crippen LogP contribution < -0.4 is 22.1 Å². The van der Waals surface area contributed by atoms with E-state index < -0.39 is 6.29 Å². The highest BCUT2D eigenvalue weighted by molar-refractivity contribution is 5.94. The van der Waals surface area contributed by atoms with Gasteiger partial charge in [-0.05, 0) is 73.2 Å². The Balaban J connectivity index is 0.937. The number of hydrogen-bond donors (Lipinski definition) is 5. The van der Waals surface area contributed by atoms with Gasteiger partial charge in [0.15, 0.2) is 6.29 Å². The number of hydrogen-bond acceptors (Lipinski definition) is 8. The fraction of sp³-hybridized carbons (Fsp3) is 0.357. The van der Waals surface area contributed by atoms with Crippen molar-refractivity contribution in [1.29, 1.82) is 0 Å². The molecular formula is C42H48N6O6. The van der Waals surface area contributed by atoms with Gasteiger partial charge in [-0.3, -0.25) is 14.2 Å². The van der Waals surface area contributed by atoms with Crippen LogP contribution in [-0.2, 0) is 25.7 Å². The third-order valence-electron chi connectivity index (χ3n) is 10.4. The Kier molecular flexibility index (Phi) is 11.8. The molecular weight excluding hydrogens is 684 g/mol. The summed E-state index contributed by atoms with van der Waals surface area (Å²) >= 11 is 0.